The predicted molar refractivity (Wildman–Crippen MR) is 299 cm³/mol. The van der Waals surface area contributed by atoms with Crippen molar-refractivity contribution in [1.82, 2.24) is 19.5 Å². The van der Waals surface area contributed by atoms with Crippen LogP contribution in [0.2, 0.25) is 0 Å². The summed E-state index contributed by atoms with van der Waals surface area (Å²) in [6, 6.07) is 69.4. The van der Waals surface area contributed by atoms with Gasteiger partial charge in [-0.1, -0.05) is 169 Å². The molecular weight excluding hydrogens is 887 g/mol. The number of nitrogens with zero attached hydrogens (tertiary/aromatic N) is 5. The predicted octanol–water partition coefficient (Wildman–Crippen LogP) is 16.3. The van der Waals surface area contributed by atoms with E-state index < -0.39 is 0 Å². The molecule has 0 radical (unpaired) electrons. The van der Waals surface area contributed by atoms with Crippen LogP contribution < -0.4 is 4.57 Å². The van der Waals surface area contributed by atoms with E-state index in [-0.39, 0.29) is 16.4 Å². The van der Waals surface area contributed by atoms with Gasteiger partial charge in [0.2, 0.25) is 11.6 Å². The van der Waals surface area contributed by atoms with Crippen LogP contribution in [0.4, 0.5) is 0 Å². The van der Waals surface area contributed by atoms with Gasteiger partial charge >= 0.3 is 0 Å². The van der Waals surface area contributed by atoms with Crippen molar-refractivity contribution in [1.29, 1.82) is 0 Å². The molecule has 5 heteroatoms. The van der Waals surface area contributed by atoms with E-state index in [1.165, 1.54) is 78.0 Å². The summed E-state index contributed by atoms with van der Waals surface area (Å²) in [4.78, 5) is 15.8. The highest BCUT2D eigenvalue weighted by atomic mass is 15.2. The van der Waals surface area contributed by atoms with E-state index in [2.05, 4.69) is 209 Å². The summed E-state index contributed by atoms with van der Waals surface area (Å²) >= 11 is 0. The fourth-order valence-electron chi connectivity index (χ4n) is 13.1. The lowest BCUT2D eigenvalue weighted by Crippen LogP contribution is -2.60. The van der Waals surface area contributed by atoms with Gasteiger partial charge < -0.3 is 0 Å². The Bertz CT molecular complexity index is 4020. The Balaban J connectivity index is 0.961. The molecule has 3 aromatic heterocycles. The molecule has 8 aromatic carbocycles. The quantitative estimate of drug-likeness (QED) is 0.150. The van der Waals surface area contributed by atoms with Crippen LogP contribution in [0.3, 0.4) is 0 Å². The van der Waals surface area contributed by atoms with Crippen molar-refractivity contribution in [2.75, 3.05) is 0 Å². The van der Waals surface area contributed by atoms with E-state index in [0.717, 1.165) is 57.8 Å². The Labute approximate surface area is 427 Å². The molecule has 0 spiro atoms. The fraction of sp³-hybridized carbons (Fsp3) is 0.176. The standard InChI is InChI=1S/C68H56N5/c1-7-68(8-2)41-48-27-26-44(35-51(48)60-25-17-18-34-72(60)68)46-30-33-61-55(37-46)50-31-28-47(38-62(50)73(61)65-70-63(42-19-11-9-12-20-42)69-64(71-65)43-21-13-10-14-22-43)45-29-32-57-52(36-45)54-40-58-53(39-59(54)67(57,5)6)49-23-15-16-24-56(49)66(58,3)4/h9-40H,7-8,41H2,1-6H3/q+1. The van der Waals surface area contributed by atoms with Crippen molar-refractivity contribution >= 4 is 21.8 Å². The Morgan fingerprint density at radius 3 is 1.67 bits per heavy atom. The number of pyridine rings is 1. The summed E-state index contributed by atoms with van der Waals surface area (Å²) in [7, 11) is 0. The molecule has 0 atom stereocenters. The van der Waals surface area contributed by atoms with Crippen molar-refractivity contribution in [3.05, 3.63) is 222 Å². The maximum Gasteiger partial charge on any atom is 0.238 e. The van der Waals surface area contributed by atoms with Crippen LogP contribution in [-0.4, -0.2) is 19.5 Å². The molecule has 352 valence electrons. The minimum atomic E-state index is -0.143. The van der Waals surface area contributed by atoms with Crippen molar-refractivity contribution < 1.29 is 4.57 Å². The minimum Gasteiger partial charge on any atom is -0.278 e. The molecule has 3 aliphatic rings. The minimum absolute atomic E-state index is 0.0752. The molecule has 0 unspecified atom stereocenters. The van der Waals surface area contributed by atoms with E-state index in [1.807, 2.05) is 36.4 Å². The molecule has 4 heterocycles. The zero-order valence-electron chi connectivity index (χ0n) is 42.3. The average Bonchev–Trinajstić information content (AvgIpc) is 3.97. The second kappa shape index (κ2) is 15.9. The SMILES string of the molecule is CCC1(CC)Cc2ccc(-c3ccc4c(c3)c3ccc(-c5ccc6c(c5)-c5cc7c(cc5C6(C)C)-c5ccccc5C7(C)C)cc3n4-c3nc(-c4ccccc4)nc(-c4ccccc4)n3)cc2-c2cccc[n+]21. The van der Waals surface area contributed by atoms with Crippen LogP contribution in [0.25, 0.3) is 106 Å². The molecule has 0 saturated heterocycles. The Morgan fingerprint density at radius 2 is 0.973 bits per heavy atom. The summed E-state index contributed by atoms with van der Waals surface area (Å²) in [6.45, 7) is 14.2. The number of hydrogen-bond acceptors (Lipinski definition) is 3. The largest absolute Gasteiger partial charge is 0.278 e. The van der Waals surface area contributed by atoms with Gasteiger partial charge in [0, 0.05) is 64.1 Å². The molecule has 0 saturated carbocycles. The first-order valence-corrected chi connectivity index (χ1v) is 26.1. The van der Waals surface area contributed by atoms with E-state index in [4.69, 9.17) is 15.0 Å². The molecule has 0 amide bonds. The molecule has 0 bridgehead atoms. The molecule has 2 aliphatic carbocycles. The number of benzene rings is 8. The van der Waals surface area contributed by atoms with Gasteiger partial charge in [0.1, 0.15) is 0 Å². The average molecular weight is 943 g/mol. The number of aromatic nitrogens is 5. The van der Waals surface area contributed by atoms with Gasteiger partial charge in [-0.15, -0.1) is 0 Å². The maximum atomic E-state index is 5.33. The molecule has 1 aliphatic heterocycles. The van der Waals surface area contributed by atoms with E-state index in [9.17, 15) is 0 Å². The first kappa shape index (κ1) is 43.5. The highest BCUT2D eigenvalue weighted by Gasteiger charge is 2.44. The molecule has 0 N–H and O–H groups in total. The van der Waals surface area contributed by atoms with Crippen molar-refractivity contribution in [2.24, 2.45) is 0 Å². The first-order valence-electron chi connectivity index (χ1n) is 26.1. The summed E-state index contributed by atoms with van der Waals surface area (Å²) < 4.78 is 4.81. The van der Waals surface area contributed by atoms with Crippen LogP contribution in [0.15, 0.2) is 194 Å². The Hall–Kier alpha value is -8.28. The molecule has 5 nitrogen and oxygen atoms in total. The third kappa shape index (κ3) is 6.40. The van der Waals surface area contributed by atoms with Gasteiger partial charge in [-0.25, -0.2) is 4.98 Å². The van der Waals surface area contributed by atoms with E-state index in [0.29, 0.717) is 17.6 Å². The van der Waals surface area contributed by atoms with Crippen LogP contribution in [0, 0.1) is 0 Å². The van der Waals surface area contributed by atoms with Crippen molar-refractivity contribution in [3.8, 4) is 84.5 Å². The summed E-state index contributed by atoms with van der Waals surface area (Å²) in [5, 5.41) is 2.29. The lowest BCUT2D eigenvalue weighted by molar-refractivity contribution is -0.758. The van der Waals surface area contributed by atoms with Crippen molar-refractivity contribution in [3.63, 3.8) is 0 Å². The van der Waals surface area contributed by atoms with Gasteiger partial charge in [0.25, 0.3) is 0 Å². The number of fused-ring (bicyclic) bond motifs is 12. The second-order valence-electron chi connectivity index (χ2n) is 21.7. The summed E-state index contributed by atoms with van der Waals surface area (Å²) in [5.41, 5.74) is 23.5. The highest BCUT2D eigenvalue weighted by molar-refractivity contribution is 6.11. The van der Waals surface area contributed by atoms with Gasteiger partial charge in [-0.05, 0) is 121 Å². The zero-order chi connectivity index (χ0) is 49.4. The topological polar surface area (TPSA) is 47.5 Å². The third-order valence-corrected chi connectivity index (χ3v) is 17.3. The Morgan fingerprint density at radius 1 is 0.425 bits per heavy atom. The van der Waals surface area contributed by atoms with Crippen LogP contribution in [0.1, 0.15) is 82.2 Å². The number of rotatable bonds is 7. The van der Waals surface area contributed by atoms with E-state index >= 15 is 0 Å². The van der Waals surface area contributed by atoms with Gasteiger partial charge in [-0.2, -0.15) is 14.5 Å². The van der Waals surface area contributed by atoms with Crippen molar-refractivity contribution in [2.45, 2.75) is 77.2 Å². The zero-order valence-corrected chi connectivity index (χ0v) is 42.3. The highest BCUT2D eigenvalue weighted by Crippen LogP contribution is 2.56. The van der Waals surface area contributed by atoms with Crippen LogP contribution in [-0.2, 0) is 22.8 Å². The molecule has 0 fully saturated rings. The maximum absolute atomic E-state index is 5.33. The fourth-order valence-corrected chi connectivity index (χ4v) is 13.1. The first-order chi connectivity index (χ1) is 35.5. The molecule has 73 heavy (non-hydrogen) atoms. The van der Waals surface area contributed by atoms with Crippen LogP contribution in [0.5, 0.6) is 0 Å². The lowest BCUT2D eigenvalue weighted by atomic mass is 9.78. The molecule has 14 rings (SSSR count). The van der Waals surface area contributed by atoms with E-state index in [1.54, 1.807) is 0 Å². The number of hydrogen-bond donors (Lipinski definition) is 0. The molecular formula is C68H56N5+. The second-order valence-corrected chi connectivity index (χ2v) is 21.7. The van der Waals surface area contributed by atoms with Crippen LogP contribution >= 0.6 is 0 Å². The summed E-state index contributed by atoms with van der Waals surface area (Å²) in [6.07, 6.45) is 5.49. The van der Waals surface area contributed by atoms with Gasteiger partial charge in [-0.3, -0.25) is 4.57 Å². The lowest BCUT2D eigenvalue weighted by Gasteiger charge is -2.33. The molecule has 11 aromatic rings. The van der Waals surface area contributed by atoms with Gasteiger partial charge in [0.15, 0.2) is 23.4 Å². The third-order valence-electron chi connectivity index (χ3n) is 17.3. The monoisotopic (exact) mass is 942 g/mol. The summed E-state index contributed by atoms with van der Waals surface area (Å²) in [5.74, 6) is 1.84. The normalized spacial score (nSPS) is 15.1. The van der Waals surface area contributed by atoms with Gasteiger partial charge in [0.05, 0.1) is 16.6 Å². The smallest absolute Gasteiger partial charge is 0.238 e. The Kier molecular flexibility index (Phi) is 9.45.